The van der Waals surface area contributed by atoms with Crippen LogP contribution in [0.3, 0.4) is 0 Å². The number of benzene rings is 4. The predicted octanol–water partition coefficient (Wildman–Crippen LogP) is 12.0. The first-order valence-electron chi connectivity index (χ1n) is 27.4. The molecule has 0 aromatic heterocycles. The maximum absolute atomic E-state index is 14.3. The molecule has 4 aromatic carbocycles. The van der Waals surface area contributed by atoms with Crippen molar-refractivity contribution in [3.63, 3.8) is 0 Å². The third-order valence-corrected chi connectivity index (χ3v) is 14.2. The quantitative estimate of drug-likeness (QED) is 0.0667. The third kappa shape index (κ3) is 14.3. The highest BCUT2D eigenvalue weighted by atomic mass is 16.7. The fraction of sp³-hybridized carbons (Fsp3) is 0.500. The van der Waals surface area contributed by atoms with Gasteiger partial charge in [0.25, 0.3) is 0 Å². The highest BCUT2D eigenvalue weighted by Crippen LogP contribution is 2.43. The summed E-state index contributed by atoms with van der Waals surface area (Å²) in [5, 5.41) is 22.9. The number of ketones is 2. The van der Waals surface area contributed by atoms with Gasteiger partial charge in [0.05, 0.1) is 39.6 Å². The number of rotatable bonds is 19. The Balaban J connectivity index is 0.977. The molecule has 6 aliphatic rings. The minimum absolute atomic E-state index is 0.0261. The molecular weight excluding hydrogens is 977 g/mol. The average Bonchev–Trinajstić information content (AvgIpc) is 3.44. The average molecular weight is 1050 g/mol. The molecule has 406 valence electrons. The lowest BCUT2D eigenvalue weighted by Crippen LogP contribution is -2.26. The summed E-state index contributed by atoms with van der Waals surface area (Å²) in [6.45, 7) is 3.35. The van der Waals surface area contributed by atoms with Crippen LogP contribution in [0.2, 0.25) is 0 Å². The fourth-order valence-electron chi connectivity index (χ4n) is 10.1. The van der Waals surface area contributed by atoms with E-state index in [0.29, 0.717) is 123 Å². The first kappa shape index (κ1) is 53.3. The Morgan fingerprint density at radius 2 is 0.684 bits per heavy atom. The van der Waals surface area contributed by atoms with Crippen molar-refractivity contribution in [2.24, 2.45) is 0 Å². The number of hydrogen-bond donors (Lipinski definition) is 2. The Morgan fingerprint density at radius 3 is 0.987 bits per heavy atom. The van der Waals surface area contributed by atoms with Crippen molar-refractivity contribution >= 4 is 23.7 Å². The van der Waals surface area contributed by atoms with Crippen LogP contribution >= 0.6 is 0 Å². The Labute approximate surface area is 444 Å². The zero-order chi connectivity index (χ0) is 52.1. The zero-order valence-corrected chi connectivity index (χ0v) is 43.1. The Morgan fingerprint density at radius 1 is 0.382 bits per heavy atom. The largest absolute Gasteiger partial charge is 0.507 e. The number of phenols is 2. The molecule has 0 amide bonds. The molecule has 0 aliphatic carbocycles. The van der Waals surface area contributed by atoms with Gasteiger partial charge in [-0.05, 0) is 125 Å². The van der Waals surface area contributed by atoms with E-state index in [1.54, 1.807) is 24.3 Å². The Hall–Kier alpha value is -6.14. The van der Waals surface area contributed by atoms with Gasteiger partial charge in [0.1, 0.15) is 57.1 Å². The summed E-state index contributed by atoms with van der Waals surface area (Å²) in [5.41, 5.74) is 2.47. The standard InChI is InChI=1S/C60H70O16/c61-45(59-47(63)35-41(71-53-13-1-7-27-65-53)37-51(59)75-57-17-5-11-31-69-57)23-19-39-21-25-49(73-55-15-3-9-29-67-55)43(33-39)44-34-40(22-26-50(44)74-56-16-4-10-30-68-56)20-24-46(62)60-48(64)36-42(72-54-14-2-8-28-66-54)38-52(60)76-58-18-6-12-32-70-58/h19-26,33-38,53-58,63-64H,1-18,27-32H2. The summed E-state index contributed by atoms with van der Waals surface area (Å²) in [5.74, 6) is 0.369. The fourth-order valence-corrected chi connectivity index (χ4v) is 10.1. The van der Waals surface area contributed by atoms with Gasteiger partial charge in [-0.1, -0.05) is 24.3 Å². The van der Waals surface area contributed by atoms with Crippen LogP contribution in [0.5, 0.6) is 46.0 Å². The second kappa shape index (κ2) is 26.3. The van der Waals surface area contributed by atoms with Gasteiger partial charge in [0.15, 0.2) is 49.3 Å². The van der Waals surface area contributed by atoms with Gasteiger partial charge in [0, 0.05) is 73.9 Å². The monoisotopic (exact) mass is 1050 g/mol. The first-order valence-corrected chi connectivity index (χ1v) is 27.4. The number of carbonyl (C=O) groups is 2. The molecule has 76 heavy (non-hydrogen) atoms. The lowest BCUT2D eigenvalue weighted by Gasteiger charge is -2.27. The number of aromatic hydroxyl groups is 2. The van der Waals surface area contributed by atoms with Crippen LogP contribution in [-0.4, -0.2) is 99.2 Å². The van der Waals surface area contributed by atoms with E-state index in [0.717, 1.165) is 77.0 Å². The van der Waals surface area contributed by atoms with E-state index in [9.17, 15) is 19.8 Å². The van der Waals surface area contributed by atoms with E-state index in [1.807, 2.05) is 36.4 Å². The molecule has 6 aliphatic heterocycles. The van der Waals surface area contributed by atoms with E-state index in [-0.39, 0.29) is 34.1 Å². The van der Waals surface area contributed by atoms with Crippen LogP contribution in [0, 0.1) is 0 Å². The van der Waals surface area contributed by atoms with Gasteiger partial charge in [0.2, 0.25) is 0 Å². The molecule has 4 aromatic rings. The molecule has 6 heterocycles. The maximum atomic E-state index is 14.3. The normalized spacial score (nSPS) is 24.4. The predicted molar refractivity (Wildman–Crippen MR) is 280 cm³/mol. The van der Waals surface area contributed by atoms with Crippen LogP contribution in [0.15, 0.2) is 72.8 Å². The van der Waals surface area contributed by atoms with Crippen LogP contribution in [0.4, 0.5) is 0 Å². The van der Waals surface area contributed by atoms with Crippen LogP contribution in [-0.2, 0) is 28.4 Å². The molecule has 6 atom stereocenters. The van der Waals surface area contributed by atoms with Crippen LogP contribution in [0.1, 0.15) is 147 Å². The van der Waals surface area contributed by atoms with Crippen molar-refractivity contribution < 1.29 is 76.6 Å². The lowest BCUT2D eigenvalue weighted by molar-refractivity contribution is -0.109. The van der Waals surface area contributed by atoms with Crippen molar-refractivity contribution in [2.45, 2.75) is 153 Å². The minimum atomic E-state index is -0.597. The van der Waals surface area contributed by atoms with Gasteiger partial charge >= 0.3 is 0 Å². The summed E-state index contributed by atoms with van der Waals surface area (Å²) in [7, 11) is 0. The van der Waals surface area contributed by atoms with Crippen molar-refractivity contribution in [1.29, 1.82) is 0 Å². The number of allylic oxidation sites excluding steroid dienone is 2. The topological polar surface area (TPSA) is 185 Å². The second-order valence-corrected chi connectivity index (χ2v) is 20.0. The smallest absolute Gasteiger partial charge is 0.199 e. The lowest BCUT2D eigenvalue weighted by atomic mass is 9.97. The zero-order valence-electron chi connectivity index (χ0n) is 43.1. The van der Waals surface area contributed by atoms with Crippen molar-refractivity contribution in [3.8, 4) is 57.1 Å². The van der Waals surface area contributed by atoms with E-state index in [2.05, 4.69) is 0 Å². The summed E-state index contributed by atoms with van der Waals surface area (Å²) in [6.07, 6.45) is 18.2. The SMILES string of the molecule is O=C(C=Cc1ccc(OC2CCCCO2)c(-c2cc(C=CC(=O)c3c(O)cc(OC4CCCCO4)cc3OC3CCCCO3)ccc2OC2CCCCO2)c1)c1c(O)cc(OC2CCCCO2)cc1OC1CCCCO1. The summed E-state index contributed by atoms with van der Waals surface area (Å²) >= 11 is 0. The number of phenolic OH excluding ortho intramolecular Hbond substituents is 2. The Bertz CT molecular complexity index is 2460. The first-order chi connectivity index (χ1) is 37.3. The molecule has 0 spiro atoms. The third-order valence-electron chi connectivity index (χ3n) is 14.2. The summed E-state index contributed by atoms with van der Waals surface area (Å²) < 4.78 is 73.5. The number of hydrogen-bond acceptors (Lipinski definition) is 16. The van der Waals surface area contributed by atoms with Gasteiger partial charge in [-0.2, -0.15) is 0 Å². The van der Waals surface area contributed by atoms with E-state index >= 15 is 0 Å². The molecule has 6 fully saturated rings. The molecule has 16 nitrogen and oxygen atoms in total. The summed E-state index contributed by atoms with van der Waals surface area (Å²) in [4.78, 5) is 28.6. The van der Waals surface area contributed by atoms with Crippen molar-refractivity contribution in [3.05, 3.63) is 95.1 Å². The van der Waals surface area contributed by atoms with Gasteiger partial charge in [-0.15, -0.1) is 0 Å². The molecule has 2 N–H and O–H groups in total. The van der Waals surface area contributed by atoms with E-state index in [4.69, 9.17) is 56.8 Å². The van der Waals surface area contributed by atoms with Crippen molar-refractivity contribution in [2.75, 3.05) is 39.6 Å². The molecule has 0 radical (unpaired) electrons. The van der Waals surface area contributed by atoms with E-state index in [1.165, 1.54) is 24.3 Å². The Kier molecular flexibility index (Phi) is 18.4. The molecule has 6 unspecified atom stereocenters. The van der Waals surface area contributed by atoms with E-state index < -0.39 is 49.3 Å². The van der Waals surface area contributed by atoms with Crippen molar-refractivity contribution in [1.82, 2.24) is 0 Å². The summed E-state index contributed by atoms with van der Waals surface area (Å²) in [6, 6.07) is 17.2. The number of ether oxygens (including phenoxy) is 12. The number of carbonyl (C=O) groups excluding carboxylic acids is 2. The molecular formula is C60H70O16. The highest BCUT2D eigenvalue weighted by molar-refractivity contribution is 6.11. The molecule has 10 rings (SSSR count). The molecule has 0 saturated carbocycles. The second-order valence-electron chi connectivity index (χ2n) is 20.0. The van der Waals surface area contributed by atoms with Crippen LogP contribution in [0.25, 0.3) is 23.3 Å². The highest BCUT2D eigenvalue weighted by Gasteiger charge is 2.28. The maximum Gasteiger partial charge on any atom is 0.199 e. The van der Waals surface area contributed by atoms with Gasteiger partial charge < -0.3 is 67.1 Å². The van der Waals surface area contributed by atoms with Crippen LogP contribution < -0.4 is 28.4 Å². The minimum Gasteiger partial charge on any atom is -0.507 e. The molecule has 6 saturated heterocycles. The molecule has 0 bridgehead atoms. The van der Waals surface area contributed by atoms with Gasteiger partial charge in [-0.3, -0.25) is 9.59 Å². The molecule has 16 heteroatoms. The van der Waals surface area contributed by atoms with Gasteiger partial charge in [-0.25, -0.2) is 0 Å².